The molecule has 1 aliphatic carbocycles. The zero-order chi connectivity index (χ0) is 16.5. The maximum absolute atomic E-state index is 13.1. The van der Waals surface area contributed by atoms with E-state index in [4.69, 9.17) is 4.74 Å². The SMILES string of the molecule is COCCN1Cc2nnc(C3CC3)n2[C@H](Cc2ccccc2)C1=O. The zero-order valence-electron chi connectivity index (χ0n) is 13.9. The highest BCUT2D eigenvalue weighted by atomic mass is 16.5. The summed E-state index contributed by atoms with van der Waals surface area (Å²) >= 11 is 0. The minimum atomic E-state index is -0.251. The van der Waals surface area contributed by atoms with Crippen LogP contribution < -0.4 is 0 Å². The summed E-state index contributed by atoms with van der Waals surface area (Å²) in [6.07, 6.45) is 2.98. The van der Waals surface area contributed by atoms with Crippen LogP contribution in [-0.4, -0.2) is 45.8 Å². The van der Waals surface area contributed by atoms with Crippen LogP contribution in [-0.2, 0) is 22.5 Å². The van der Waals surface area contributed by atoms with Crippen LogP contribution in [0.3, 0.4) is 0 Å². The van der Waals surface area contributed by atoms with Gasteiger partial charge in [-0.3, -0.25) is 4.79 Å². The summed E-state index contributed by atoms with van der Waals surface area (Å²) in [5.74, 6) is 2.51. The molecule has 1 aromatic carbocycles. The van der Waals surface area contributed by atoms with Gasteiger partial charge in [0.15, 0.2) is 5.82 Å². The average molecular weight is 326 g/mol. The summed E-state index contributed by atoms with van der Waals surface area (Å²) in [5.41, 5.74) is 1.16. The zero-order valence-corrected chi connectivity index (χ0v) is 13.9. The third-order valence-electron chi connectivity index (χ3n) is 4.81. The van der Waals surface area contributed by atoms with Crippen molar-refractivity contribution < 1.29 is 9.53 Å². The fourth-order valence-corrected chi connectivity index (χ4v) is 3.38. The molecule has 0 radical (unpaired) electrons. The van der Waals surface area contributed by atoms with Crippen molar-refractivity contribution in [2.45, 2.75) is 37.8 Å². The van der Waals surface area contributed by atoms with E-state index in [-0.39, 0.29) is 11.9 Å². The van der Waals surface area contributed by atoms with Gasteiger partial charge in [0, 0.05) is 26.0 Å². The van der Waals surface area contributed by atoms with Gasteiger partial charge >= 0.3 is 0 Å². The van der Waals surface area contributed by atoms with Gasteiger partial charge < -0.3 is 14.2 Å². The van der Waals surface area contributed by atoms with Crippen LogP contribution in [0.15, 0.2) is 30.3 Å². The predicted octanol–water partition coefficient (Wildman–Crippen LogP) is 1.93. The Morgan fingerprint density at radius 3 is 2.71 bits per heavy atom. The molecule has 2 aliphatic rings. The van der Waals surface area contributed by atoms with Crippen molar-refractivity contribution in [2.24, 2.45) is 0 Å². The van der Waals surface area contributed by atoms with Crippen LogP contribution in [0.2, 0.25) is 0 Å². The Morgan fingerprint density at radius 2 is 2.00 bits per heavy atom. The summed E-state index contributed by atoms with van der Waals surface area (Å²) in [4.78, 5) is 14.9. The Morgan fingerprint density at radius 1 is 1.21 bits per heavy atom. The normalized spacial score (nSPS) is 20.3. The number of hydrogen-bond acceptors (Lipinski definition) is 4. The molecule has 1 atom stereocenters. The highest BCUT2D eigenvalue weighted by Crippen LogP contribution is 2.41. The van der Waals surface area contributed by atoms with Gasteiger partial charge in [-0.1, -0.05) is 30.3 Å². The second-order valence-electron chi connectivity index (χ2n) is 6.58. The van der Waals surface area contributed by atoms with E-state index in [0.29, 0.717) is 32.0 Å². The van der Waals surface area contributed by atoms with E-state index < -0.39 is 0 Å². The van der Waals surface area contributed by atoms with Crippen molar-refractivity contribution in [1.29, 1.82) is 0 Å². The number of methoxy groups -OCH3 is 1. The van der Waals surface area contributed by atoms with Crippen LogP contribution in [0, 0.1) is 0 Å². The lowest BCUT2D eigenvalue weighted by Gasteiger charge is -2.34. The van der Waals surface area contributed by atoms with Gasteiger partial charge in [0.2, 0.25) is 5.91 Å². The molecule has 2 aromatic rings. The van der Waals surface area contributed by atoms with Crippen LogP contribution in [0.5, 0.6) is 0 Å². The molecule has 0 spiro atoms. The number of fused-ring (bicyclic) bond motifs is 1. The number of amides is 1. The van der Waals surface area contributed by atoms with Gasteiger partial charge in [-0.2, -0.15) is 0 Å². The Labute approximate surface area is 141 Å². The first-order chi connectivity index (χ1) is 11.8. The summed E-state index contributed by atoms with van der Waals surface area (Å²) in [7, 11) is 1.66. The number of carbonyl (C=O) groups excluding carboxylic acids is 1. The lowest BCUT2D eigenvalue weighted by molar-refractivity contribution is -0.138. The van der Waals surface area contributed by atoms with E-state index in [1.165, 1.54) is 0 Å². The molecule has 0 N–H and O–H groups in total. The molecule has 6 heteroatoms. The third-order valence-corrected chi connectivity index (χ3v) is 4.81. The third kappa shape index (κ3) is 2.82. The first-order valence-corrected chi connectivity index (χ1v) is 8.53. The van der Waals surface area contributed by atoms with Crippen molar-refractivity contribution in [1.82, 2.24) is 19.7 Å². The topological polar surface area (TPSA) is 60.2 Å². The van der Waals surface area contributed by atoms with Gasteiger partial charge in [-0.15, -0.1) is 10.2 Å². The number of hydrogen-bond donors (Lipinski definition) is 0. The van der Waals surface area contributed by atoms with E-state index in [0.717, 1.165) is 30.1 Å². The van der Waals surface area contributed by atoms with Crippen molar-refractivity contribution in [2.75, 3.05) is 20.3 Å². The van der Waals surface area contributed by atoms with E-state index >= 15 is 0 Å². The summed E-state index contributed by atoms with van der Waals surface area (Å²) in [6, 6.07) is 9.92. The summed E-state index contributed by atoms with van der Waals surface area (Å²) in [6.45, 7) is 1.65. The Hall–Kier alpha value is -2.21. The number of benzene rings is 1. The molecule has 1 amide bonds. The number of rotatable bonds is 6. The molecule has 24 heavy (non-hydrogen) atoms. The molecule has 1 fully saturated rings. The Bertz CT molecular complexity index is 724. The molecule has 4 rings (SSSR count). The van der Waals surface area contributed by atoms with Gasteiger partial charge in [-0.05, 0) is 18.4 Å². The maximum atomic E-state index is 13.1. The minimum Gasteiger partial charge on any atom is -0.383 e. The van der Waals surface area contributed by atoms with Crippen molar-refractivity contribution >= 4 is 5.91 Å². The molecule has 0 unspecified atom stereocenters. The molecule has 126 valence electrons. The lowest BCUT2D eigenvalue weighted by atomic mass is 10.0. The van der Waals surface area contributed by atoms with Crippen LogP contribution in [0.4, 0.5) is 0 Å². The van der Waals surface area contributed by atoms with Gasteiger partial charge in [0.05, 0.1) is 13.2 Å². The minimum absolute atomic E-state index is 0.144. The second-order valence-corrected chi connectivity index (χ2v) is 6.58. The van der Waals surface area contributed by atoms with Gasteiger partial charge in [-0.25, -0.2) is 0 Å². The molecule has 1 saturated carbocycles. The Kier molecular flexibility index (Phi) is 4.06. The lowest BCUT2D eigenvalue weighted by Crippen LogP contribution is -2.45. The fourth-order valence-electron chi connectivity index (χ4n) is 3.38. The molecule has 1 aliphatic heterocycles. The Balaban J connectivity index is 1.68. The van der Waals surface area contributed by atoms with Crippen LogP contribution >= 0.6 is 0 Å². The predicted molar refractivity (Wildman–Crippen MR) is 88.5 cm³/mol. The van der Waals surface area contributed by atoms with E-state index in [9.17, 15) is 4.79 Å². The summed E-state index contributed by atoms with van der Waals surface area (Å²) < 4.78 is 7.26. The highest BCUT2D eigenvalue weighted by Gasteiger charge is 2.39. The van der Waals surface area contributed by atoms with E-state index in [2.05, 4.69) is 26.9 Å². The molecule has 0 saturated heterocycles. The number of aromatic nitrogens is 3. The smallest absolute Gasteiger partial charge is 0.246 e. The van der Waals surface area contributed by atoms with E-state index in [1.807, 2.05) is 23.1 Å². The van der Waals surface area contributed by atoms with Crippen LogP contribution in [0.25, 0.3) is 0 Å². The second kappa shape index (κ2) is 6.36. The average Bonchev–Trinajstić information content (AvgIpc) is 3.37. The molecule has 0 bridgehead atoms. The molecule has 2 heterocycles. The summed E-state index contributed by atoms with van der Waals surface area (Å²) in [5, 5.41) is 8.78. The molecular weight excluding hydrogens is 304 g/mol. The first kappa shape index (κ1) is 15.3. The quantitative estimate of drug-likeness (QED) is 0.814. The number of nitrogens with zero attached hydrogens (tertiary/aromatic N) is 4. The van der Waals surface area contributed by atoms with Crippen molar-refractivity contribution in [3.63, 3.8) is 0 Å². The van der Waals surface area contributed by atoms with E-state index in [1.54, 1.807) is 7.11 Å². The van der Waals surface area contributed by atoms with Gasteiger partial charge in [0.25, 0.3) is 0 Å². The highest BCUT2D eigenvalue weighted by molar-refractivity contribution is 5.82. The van der Waals surface area contributed by atoms with Crippen LogP contribution in [0.1, 0.15) is 42.0 Å². The monoisotopic (exact) mass is 326 g/mol. The fraction of sp³-hybridized carbons (Fsp3) is 0.500. The molecular formula is C18H22N4O2. The van der Waals surface area contributed by atoms with Crippen molar-refractivity contribution in [3.8, 4) is 0 Å². The van der Waals surface area contributed by atoms with Crippen molar-refractivity contribution in [3.05, 3.63) is 47.5 Å². The standard InChI is InChI=1S/C18H22N4O2/c1-24-10-9-21-12-16-19-20-17(14-7-8-14)22(16)15(18(21)23)11-13-5-3-2-4-6-13/h2-6,14-15H,7-12H2,1H3/t15-/m1/s1. The van der Waals surface area contributed by atoms with Gasteiger partial charge in [0.1, 0.15) is 11.9 Å². The number of ether oxygens (including phenoxy) is 1. The maximum Gasteiger partial charge on any atom is 0.246 e. The number of carbonyl (C=O) groups is 1. The molecule has 6 nitrogen and oxygen atoms in total. The molecule has 1 aromatic heterocycles. The first-order valence-electron chi connectivity index (χ1n) is 8.53. The largest absolute Gasteiger partial charge is 0.383 e.